The zero-order valence-corrected chi connectivity index (χ0v) is 28.6. The molecule has 1 aliphatic rings. The number of aromatic nitrogens is 1. The molecule has 2 N–H and O–H groups in total. The molecule has 0 amide bonds. The van der Waals surface area contributed by atoms with Crippen LogP contribution in [0.5, 0.6) is 0 Å². The zero-order valence-electron chi connectivity index (χ0n) is 28.6. The van der Waals surface area contributed by atoms with Crippen LogP contribution in [0, 0.1) is 0 Å². The van der Waals surface area contributed by atoms with Crippen LogP contribution in [-0.4, -0.2) is 106 Å². The Balaban J connectivity index is 2.48. The van der Waals surface area contributed by atoms with Crippen LogP contribution < -0.4 is 5.73 Å². The highest BCUT2D eigenvalue weighted by molar-refractivity contribution is 5.73. The number of ether oxygens (including phenoxy) is 3. The minimum Gasteiger partial charge on any atom is -0.459 e. The van der Waals surface area contributed by atoms with E-state index in [-0.39, 0.29) is 43.6 Å². The summed E-state index contributed by atoms with van der Waals surface area (Å²) in [7, 11) is 0. The Kier molecular flexibility index (Phi) is 14.2. The number of nitrogens with two attached hydrogens (primary N) is 1. The number of fused-ring (bicyclic) bond motifs is 2. The SMILES string of the molecule is CC(C)(C)OC(=O)CN1CCN(CC(=O)OC(C)(C)C)CC(CCCCN)N(CC(=O)OC(C)(C)C)Cc2cccc(n2)C1. The zero-order chi connectivity index (χ0) is 33.1. The molecule has 0 saturated heterocycles. The molecule has 11 nitrogen and oxygen atoms in total. The Labute approximate surface area is 264 Å². The first-order chi connectivity index (χ1) is 20.3. The molecule has 2 bridgehead atoms. The fourth-order valence-electron chi connectivity index (χ4n) is 5.05. The van der Waals surface area contributed by atoms with Crippen LogP contribution in [0.3, 0.4) is 0 Å². The topological polar surface area (TPSA) is 128 Å². The number of hydrogen-bond acceptors (Lipinski definition) is 11. The molecule has 2 rings (SSSR count). The maximum Gasteiger partial charge on any atom is 0.320 e. The van der Waals surface area contributed by atoms with E-state index in [1.807, 2.05) is 85.4 Å². The Morgan fingerprint density at radius 3 is 1.75 bits per heavy atom. The standard InChI is InChI=1S/C33H57N5O6/c1-31(2,3)42-28(39)22-36-17-18-37(23-29(40)43-32(4,5)6)21-27(15-10-11-16-34)38(24-30(41)44-33(7,8)9)20-26-14-12-13-25(19-36)35-26/h12-14,27H,10-11,15-24,34H2,1-9H3. The van der Waals surface area contributed by atoms with Crippen LogP contribution in [0.1, 0.15) is 93.0 Å². The van der Waals surface area contributed by atoms with Gasteiger partial charge in [0.15, 0.2) is 0 Å². The number of nitrogens with zero attached hydrogens (tertiary/aromatic N) is 4. The summed E-state index contributed by atoms with van der Waals surface area (Å²) in [5.41, 5.74) is 5.63. The maximum absolute atomic E-state index is 13.1. The Morgan fingerprint density at radius 2 is 1.23 bits per heavy atom. The molecule has 0 aliphatic carbocycles. The molecule has 0 spiro atoms. The normalized spacial score (nSPS) is 18.2. The highest BCUT2D eigenvalue weighted by Crippen LogP contribution is 2.19. The van der Waals surface area contributed by atoms with Crippen molar-refractivity contribution in [1.82, 2.24) is 19.7 Å². The highest BCUT2D eigenvalue weighted by atomic mass is 16.6. The van der Waals surface area contributed by atoms with Crippen molar-refractivity contribution in [3.05, 3.63) is 29.6 Å². The number of pyridine rings is 1. The molecule has 44 heavy (non-hydrogen) atoms. The van der Waals surface area contributed by atoms with Crippen molar-refractivity contribution < 1.29 is 28.6 Å². The smallest absolute Gasteiger partial charge is 0.320 e. The number of rotatable bonds is 10. The third kappa shape index (κ3) is 15.9. The second-order valence-electron chi connectivity index (χ2n) is 14.7. The van der Waals surface area contributed by atoms with Gasteiger partial charge in [0.1, 0.15) is 16.8 Å². The lowest BCUT2D eigenvalue weighted by Crippen LogP contribution is -2.50. The summed E-state index contributed by atoms with van der Waals surface area (Å²) in [4.78, 5) is 50.1. The van der Waals surface area contributed by atoms with Gasteiger partial charge in [0.25, 0.3) is 0 Å². The summed E-state index contributed by atoms with van der Waals surface area (Å²) in [6.45, 7) is 19.9. The second kappa shape index (κ2) is 16.6. The first-order valence-electron chi connectivity index (χ1n) is 15.8. The molecular formula is C33H57N5O6. The molecule has 1 aromatic rings. The third-order valence-corrected chi connectivity index (χ3v) is 6.62. The predicted octanol–water partition coefficient (Wildman–Crippen LogP) is 3.52. The van der Waals surface area contributed by atoms with Gasteiger partial charge in [-0.15, -0.1) is 0 Å². The molecule has 0 aromatic carbocycles. The van der Waals surface area contributed by atoms with E-state index < -0.39 is 16.8 Å². The lowest BCUT2D eigenvalue weighted by atomic mass is 10.1. The Bertz CT molecular complexity index is 1080. The van der Waals surface area contributed by atoms with E-state index in [4.69, 9.17) is 24.9 Å². The van der Waals surface area contributed by atoms with Gasteiger partial charge in [0.2, 0.25) is 0 Å². The fraction of sp³-hybridized carbons (Fsp3) is 0.758. The predicted molar refractivity (Wildman–Crippen MR) is 171 cm³/mol. The molecule has 1 atom stereocenters. The van der Waals surface area contributed by atoms with E-state index in [9.17, 15) is 14.4 Å². The van der Waals surface area contributed by atoms with Crippen LogP contribution in [0.25, 0.3) is 0 Å². The number of carbonyl (C=O) groups excluding carboxylic acids is 3. The lowest BCUT2D eigenvalue weighted by molar-refractivity contribution is -0.159. The molecule has 0 radical (unpaired) electrons. The van der Waals surface area contributed by atoms with E-state index in [1.165, 1.54) is 0 Å². The van der Waals surface area contributed by atoms with Crippen LogP contribution in [-0.2, 0) is 41.7 Å². The average molecular weight is 620 g/mol. The van der Waals surface area contributed by atoms with E-state index in [0.29, 0.717) is 39.3 Å². The Hall–Kier alpha value is -2.60. The summed E-state index contributed by atoms with van der Waals surface area (Å²) in [6.07, 6.45) is 2.48. The second-order valence-corrected chi connectivity index (χ2v) is 14.7. The monoisotopic (exact) mass is 619 g/mol. The highest BCUT2D eigenvalue weighted by Gasteiger charge is 2.29. The number of esters is 3. The van der Waals surface area contributed by atoms with Gasteiger partial charge in [-0.1, -0.05) is 12.5 Å². The minimum absolute atomic E-state index is 0.0781. The van der Waals surface area contributed by atoms with Crippen LogP contribution >= 0.6 is 0 Å². The van der Waals surface area contributed by atoms with Crippen molar-refractivity contribution in [3.63, 3.8) is 0 Å². The van der Waals surface area contributed by atoms with E-state index in [0.717, 1.165) is 30.7 Å². The van der Waals surface area contributed by atoms with Crippen molar-refractivity contribution in [1.29, 1.82) is 0 Å². The summed E-state index contributed by atoms with van der Waals surface area (Å²) < 4.78 is 17.0. The van der Waals surface area contributed by atoms with E-state index in [1.54, 1.807) is 0 Å². The third-order valence-electron chi connectivity index (χ3n) is 6.62. The van der Waals surface area contributed by atoms with Crippen LogP contribution in [0.2, 0.25) is 0 Å². The van der Waals surface area contributed by atoms with Crippen LogP contribution in [0.4, 0.5) is 0 Å². The van der Waals surface area contributed by atoms with Crippen molar-refractivity contribution in [3.8, 4) is 0 Å². The quantitative estimate of drug-likeness (QED) is 0.235. The first kappa shape index (κ1) is 37.6. The van der Waals surface area contributed by atoms with Gasteiger partial charge in [-0.05, 0) is 93.8 Å². The van der Waals surface area contributed by atoms with Gasteiger partial charge in [-0.3, -0.25) is 34.1 Å². The molecule has 0 saturated carbocycles. The molecule has 11 heteroatoms. The maximum atomic E-state index is 13.1. The Morgan fingerprint density at radius 1 is 0.750 bits per heavy atom. The largest absolute Gasteiger partial charge is 0.459 e. The summed E-state index contributed by atoms with van der Waals surface area (Å²) in [5.74, 6) is -0.955. The van der Waals surface area contributed by atoms with Crippen molar-refractivity contribution in [2.75, 3.05) is 45.8 Å². The average Bonchev–Trinajstić information content (AvgIpc) is 2.82. The summed E-state index contributed by atoms with van der Waals surface area (Å²) >= 11 is 0. The van der Waals surface area contributed by atoms with Crippen molar-refractivity contribution >= 4 is 17.9 Å². The van der Waals surface area contributed by atoms with Gasteiger partial charge in [0.05, 0.1) is 31.0 Å². The number of carbonyl (C=O) groups is 3. The van der Waals surface area contributed by atoms with E-state index in [2.05, 4.69) is 9.80 Å². The fourth-order valence-corrected chi connectivity index (χ4v) is 5.05. The van der Waals surface area contributed by atoms with E-state index >= 15 is 0 Å². The van der Waals surface area contributed by atoms with Gasteiger partial charge < -0.3 is 19.9 Å². The summed E-state index contributed by atoms with van der Waals surface area (Å²) in [5, 5.41) is 0. The van der Waals surface area contributed by atoms with Gasteiger partial charge in [-0.2, -0.15) is 0 Å². The molecular weight excluding hydrogens is 562 g/mol. The van der Waals surface area contributed by atoms with Crippen molar-refractivity contribution in [2.24, 2.45) is 5.73 Å². The minimum atomic E-state index is -0.621. The first-order valence-corrected chi connectivity index (χ1v) is 15.8. The number of hydrogen-bond donors (Lipinski definition) is 1. The molecule has 1 aliphatic heterocycles. The molecule has 2 heterocycles. The molecule has 0 fully saturated rings. The van der Waals surface area contributed by atoms with Gasteiger partial charge in [-0.25, -0.2) is 0 Å². The molecule has 1 aromatic heterocycles. The van der Waals surface area contributed by atoms with Gasteiger partial charge >= 0.3 is 17.9 Å². The summed E-state index contributed by atoms with van der Waals surface area (Å²) in [6, 6.07) is 5.75. The lowest BCUT2D eigenvalue weighted by Gasteiger charge is -2.37. The number of unbranched alkanes of at least 4 members (excludes halogenated alkanes) is 1. The van der Waals surface area contributed by atoms with Gasteiger partial charge in [0, 0.05) is 38.8 Å². The van der Waals surface area contributed by atoms with Crippen molar-refractivity contribution in [2.45, 2.75) is 118 Å². The molecule has 1 unspecified atom stereocenters. The van der Waals surface area contributed by atoms with Crippen LogP contribution in [0.15, 0.2) is 18.2 Å². The molecule has 250 valence electrons.